The molecular weight excluding hydrogens is 302 g/mol. The lowest BCUT2D eigenvalue weighted by Gasteiger charge is -2.20. The first kappa shape index (κ1) is 18.2. The Labute approximate surface area is 134 Å². The molecule has 1 amide bonds. The second kappa shape index (κ2) is 9.24. The van der Waals surface area contributed by atoms with E-state index >= 15 is 0 Å². The number of amides is 1. The van der Waals surface area contributed by atoms with Crippen LogP contribution >= 0.6 is 0 Å². The summed E-state index contributed by atoms with van der Waals surface area (Å²) in [6, 6.07) is 5.67. The maximum atomic E-state index is 12.1. The van der Waals surface area contributed by atoms with E-state index in [4.69, 9.17) is 14.6 Å². The number of aromatic carboxylic acids is 1. The SMILES string of the molecule is C=CCN(CC(=O)OCC)C(=O)COc1ccc(C(=O)O)cc1. The van der Waals surface area contributed by atoms with Gasteiger partial charge in [-0.2, -0.15) is 0 Å². The van der Waals surface area contributed by atoms with Crippen LogP contribution < -0.4 is 4.74 Å². The van der Waals surface area contributed by atoms with Gasteiger partial charge in [-0.05, 0) is 31.2 Å². The van der Waals surface area contributed by atoms with Crippen molar-refractivity contribution >= 4 is 17.8 Å². The zero-order valence-electron chi connectivity index (χ0n) is 12.9. The fourth-order valence-corrected chi connectivity index (χ4v) is 1.70. The summed E-state index contributed by atoms with van der Waals surface area (Å²) >= 11 is 0. The first-order valence-corrected chi connectivity index (χ1v) is 6.98. The highest BCUT2D eigenvalue weighted by Gasteiger charge is 2.17. The molecule has 0 aliphatic heterocycles. The molecule has 0 spiro atoms. The summed E-state index contributed by atoms with van der Waals surface area (Å²) in [5.41, 5.74) is 0.124. The van der Waals surface area contributed by atoms with Crippen molar-refractivity contribution in [1.82, 2.24) is 4.90 Å². The van der Waals surface area contributed by atoms with E-state index in [1.165, 1.54) is 35.2 Å². The minimum atomic E-state index is -1.04. The lowest BCUT2D eigenvalue weighted by Crippen LogP contribution is -2.39. The number of carboxylic acid groups (broad SMARTS) is 1. The molecule has 0 radical (unpaired) electrons. The largest absolute Gasteiger partial charge is 0.484 e. The Kier molecular flexibility index (Phi) is 7.32. The second-order valence-electron chi connectivity index (χ2n) is 4.49. The molecule has 124 valence electrons. The Hall–Kier alpha value is -2.83. The molecule has 0 saturated carbocycles. The topological polar surface area (TPSA) is 93.1 Å². The van der Waals surface area contributed by atoms with Crippen LogP contribution in [-0.2, 0) is 14.3 Å². The van der Waals surface area contributed by atoms with Crippen LogP contribution in [0.25, 0.3) is 0 Å². The number of hydrogen-bond donors (Lipinski definition) is 1. The summed E-state index contributed by atoms with van der Waals surface area (Å²) in [6.45, 7) is 5.19. The Balaban J connectivity index is 2.58. The van der Waals surface area contributed by atoms with E-state index in [2.05, 4.69) is 6.58 Å². The maximum Gasteiger partial charge on any atom is 0.335 e. The van der Waals surface area contributed by atoms with Crippen LogP contribution in [0, 0.1) is 0 Å². The van der Waals surface area contributed by atoms with Gasteiger partial charge in [-0.15, -0.1) is 6.58 Å². The van der Waals surface area contributed by atoms with Crippen molar-refractivity contribution in [2.75, 3.05) is 26.3 Å². The monoisotopic (exact) mass is 321 g/mol. The van der Waals surface area contributed by atoms with Gasteiger partial charge in [-0.25, -0.2) is 4.79 Å². The van der Waals surface area contributed by atoms with Gasteiger partial charge in [0.15, 0.2) is 6.61 Å². The molecule has 1 aromatic rings. The number of esters is 1. The second-order valence-corrected chi connectivity index (χ2v) is 4.49. The van der Waals surface area contributed by atoms with Crippen molar-refractivity contribution in [2.45, 2.75) is 6.92 Å². The molecule has 7 heteroatoms. The third-order valence-electron chi connectivity index (χ3n) is 2.79. The van der Waals surface area contributed by atoms with E-state index in [-0.39, 0.29) is 31.9 Å². The lowest BCUT2D eigenvalue weighted by atomic mass is 10.2. The predicted octanol–water partition coefficient (Wildman–Crippen LogP) is 1.34. The molecule has 0 atom stereocenters. The van der Waals surface area contributed by atoms with Gasteiger partial charge in [0.05, 0.1) is 12.2 Å². The van der Waals surface area contributed by atoms with E-state index in [0.717, 1.165) is 0 Å². The summed E-state index contributed by atoms with van der Waals surface area (Å²) in [4.78, 5) is 35.5. The summed E-state index contributed by atoms with van der Waals surface area (Å²) in [6.07, 6.45) is 1.50. The minimum absolute atomic E-state index is 0.124. The predicted molar refractivity (Wildman–Crippen MR) is 82.3 cm³/mol. The standard InChI is InChI=1S/C16H19NO6/c1-3-9-17(10-15(19)22-4-2)14(18)11-23-13-7-5-12(6-8-13)16(20)21/h3,5-8H,1,4,9-11H2,2H3,(H,20,21). The number of rotatable bonds is 9. The minimum Gasteiger partial charge on any atom is -0.484 e. The molecule has 0 fully saturated rings. The average molecular weight is 321 g/mol. The molecule has 0 aromatic heterocycles. The van der Waals surface area contributed by atoms with Crippen LogP contribution in [0.15, 0.2) is 36.9 Å². The molecule has 0 unspecified atom stereocenters. The Bertz CT molecular complexity index is 566. The van der Waals surface area contributed by atoms with Gasteiger partial charge in [-0.1, -0.05) is 6.08 Å². The first-order chi connectivity index (χ1) is 11.0. The number of carboxylic acids is 1. The third kappa shape index (κ3) is 6.21. The Morgan fingerprint density at radius 1 is 1.26 bits per heavy atom. The van der Waals surface area contributed by atoms with Crippen LogP contribution in [0.5, 0.6) is 5.75 Å². The van der Waals surface area contributed by atoms with Gasteiger partial charge in [0.2, 0.25) is 0 Å². The van der Waals surface area contributed by atoms with Gasteiger partial charge < -0.3 is 19.5 Å². The summed E-state index contributed by atoms with van der Waals surface area (Å²) in [5, 5.41) is 8.80. The molecule has 0 bridgehead atoms. The van der Waals surface area contributed by atoms with Crippen LogP contribution in [0.4, 0.5) is 0 Å². The smallest absolute Gasteiger partial charge is 0.335 e. The molecule has 1 rings (SSSR count). The molecule has 0 aliphatic rings. The van der Waals surface area contributed by atoms with Crippen LogP contribution in [0.2, 0.25) is 0 Å². The van der Waals surface area contributed by atoms with Crippen molar-refractivity contribution in [3.8, 4) is 5.75 Å². The van der Waals surface area contributed by atoms with Gasteiger partial charge in [0.25, 0.3) is 5.91 Å². The summed E-state index contributed by atoms with van der Waals surface area (Å²) < 4.78 is 10.1. The number of benzene rings is 1. The highest BCUT2D eigenvalue weighted by atomic mass is 16.5. The molecule has 1 aromatic carbocycles. The van der Waals surface area contributed by atoms with Crippen molar-refractivity contribution in [1.29, 1.82) is 0 Å². The quantitative estimate of drug-likeness (QED) is 0.545. The number of carbonyl (C=O) groups is 3. The lowest BCUT2D eigenvalue weighted by molar-refractivity contribution is -0.149. The van der Waals surface area contributed by atoms with Gasteiger partial charge in [-0.3, -0.25) is 9.59 Å². The molecule has 0 heterocycles. The number of ether oxygens (including phenoxy) is 2. The normalized spacial score (nSPS) is 9.78. The van der Waals surface area contributed by atoms with Crippen LogP contribution in [-0.4, -0.2) is 54.2 Å². The highest BCUT2D eigenvalue weighted by Crippen LogP contribution is 2.12. The van der Waals surface area contributed by atoms with Crippen molar-refractivity contribution < 1.29 is 29.0 Å². The van der Waals surface area contributed by atoms with Crippen LogP contribution in [0.3, 0.4) is 0 Å². The zero-order chi connectivity index (χ0) is 17.2. The van der Waals surface area contributed by atoms with Gasteiger partial charge in [0.1, 0.15) is 12.3 Å². The van der Waals surface area contributed by atoms with E-state index in [1.807, 2.05) is 0 Å². The average Bonchev–Trinajstić information content (AvgIpc) is 2.52. The van der Waals surface area contributed by atoms with E-state index < -0.39 is 17.8 Å². The Morgan fingerprint density at radius 2 is 1.91 bits per heavy atom. The number of hydrogen-bond acceptors (Lipinski definition) is 5. The summed E-state index contributed by atoms with van der Waals surface area (Å²) in [7, 11) is 0. The molecule has 7 nitrogen and oxygen atoms in total. The maximum absolute atomic E-state index is 12.1. The molecule has 1 N–H and O–H groups in total. The molecule has 0 aliphatic carbocycles. The van der Waals surface area contributed by atoms with Crippen molar-refractivity contribution in [3.63, 3.8) is 0 Å². The molecule has 23 heavy (non-hydrogen) atoms. The fraction of sp³-hybridized carbons (Fsp3) is 0.312. The fourth-order valence-electron chi connectivity index (χ4n) is 1.70. The van der Waals surface area contributed by atoms with Crippen molar-refractivity contribution in [2.24, 2.45) is 0 Å². The number of nitrogens with zero attached hydrogens (tertiary/aromatic N) is 1. The Morgan fingerprint density at radius 3 is 2.43 bits per heavy atom. The third-order valence-corrected chi connectivity index (χ3v) is 2.79. The summed E-state index contributed by atoms with van der Waals surface area (Å²) in [5.74, 6) is -1.59. The molecular formula is C16H19NO6. The molecule has 0 saturated heterocycles. The van der Waals surface area contributed by atoms with Crippen LogP contribution in [0.1, 0.15) is 17.3 Å². The first-order valence-electron chi connectivity index (χ1n) is 6.98. The van der Waals surface area contributed by atoms with E-state index in [9.17, 15) is 14.4 Å². The van der Waals surface area contributed by atoms with E-state index in [0.29, 0.717) is 5.75 Å². The number of carbonyl (C=O) groups excluding carboxylic acids is 2. The zero-order valence-corrected chi connectivity index (χ0v) is 12.9. The highest BCUT2D eigenvalue weighted by molar-refractivity contribution is 5.87. The van der Waals surface area contributed by atoms with Gasteiger partial charge >= 0.3 is 11.9 Å². The van der Waals surface area contributed by atoms with E-state index in [1.54, 1.807) is 6.92 Å². The van der Waals surface area contributed by atoms with Crippen molar-refractivity contribution in [3.05, 3.63) is 42.5 Å². The van der Waals surface area contributed by atoms with Gasteiger partial charge in [0, 0.05) is 6.54 Å².